The van der Waals surface area contributed by atoms with Crippen molar-refractivity contribution in [3.8, 4) is 0 Å². The lowest BCUT2D eigenvalue weighted by atomic mass is 10.0. The molecule has 0 fully saturated rings. The van der Waals surface area contributed by atoms with E-state index in [0.29, 0.717) is 18.2 Å². The van der Waals surface area contributed by atoms with Gasteiger partial charge in [0.2, 0.25) is 0 Å². The van der Waals surface area contributed by atoms with Crippen LogP contribution < -0.4 is 10.9 Å². The third-order valence-electron chi connectivity index (χ3n) is 3.40. The Morgan fingerprint density at radius 1 is 1.24 bits per heavy atom. The second-order valence-electron chi connectivity index (χ2n) is 5.41. The monoisotopic (exact) mass is 305 g/mol. The molecule has 1 aromatic carbocycles. The first-order chi connectivity index (χ1) is 10.0. The van der Waals surface area contributed by atoms with Crippen LogP contribution in [-0.2, 0) is 0 Å². The van der Waals surface area contributed by atoms with Crippen molar-refractivity contribution in [1.82, 2.24) is 9.78 Å². The number of hydrogen-bond acceptors (Lipinski definition) is 3. The summed E-state index contributed by atoms with van der Waals surface area (Å²) in [5.41, 5.74) is 1.56. The molecule has 1 atom stereocenters. The first kappa shape index (κ1) is 15.6. The number of benzene rings is 1. The van der Waals surface area contributed by atoms with Crippen LogP contribution in [-0.4, -0.2) is 16.3 Å². The normalized spacial score (nSPS) is 12.4. The van der Waals surface area contributed by atoms with Crippen LogP contribution in [0, 0.1) is 0 Å². The minimum Gasteiger partial charge on any atom is -0.382 e. The van der Waals surface area contributed by atoms with E-state index in [0.717, 1.165) is 0 Å². The van der Waals surface area contributed by atoms with Gasteiger partial charge >= 0.3 is 0 Å². The molecule has 2 rings (SSSR count). The second kappa shape index (κ2) is 6.76. The van der Waals surface area contributed by atoms with Crippen molar-refractivity contribution in [3.63, 3.8) is 0 Å². The summed E-state index contributed by atoms with van der Waals surface area (Å²) in [4.78, 5) is 12.1. The summed E-state index contributed by atoms with van der Waals surface area (Å²) in [5.74, 6) is 0.315. The van der Waals surface area contributed by atoms with Crippen LogP contribution in [0.4, 0.5) is 5.69 Å². The van der Waals surface area contributed by atoms with Crippen molar-refractivity contribution < 1.29 is 0 Å². The molecule has 0 spiro atoms. The summed E-state index contributed by atoms with van der Waals surface area (Å²) in [7, 11) is 0. The number of nitrogens with zero attached hydrogens (tertiary/aromatic N) is 2. The molecule has 0 saturated carbocycles. The van der Waals surface area contributed by atoms with Crippen molar-refractivity contribution in [2.75, 3.05) is 11.9 Å². The quantitative estimate of drug-likeness (QED) is 0.916. The zero-order valence-electron chi connectivity index (χ0n) is 12.5. The van der Waals surface area contributed by atoms with Gasteiger partial charge in [0.15, 0.2) is 0 Å². The van der Waals surface area contributed by atoms with Gasteiger partial charge < -0.3 is 5.32 Å². The van der Waals surface area contributed by atoms with Gasteiger partial charge in [-0.1, -0.05) is 48.9 Å². The Morgan fingerprint density at radius 3 is 2.52 bits per heavy atom. The smallest absolute Gasteiger partial charge is 0.287 e. The fourth-order valence-electron chi connectivity index (χ4n) is 2.10. The number of nitrogens with one attached hydrogen (secondary N) is 1. The summed E-state index contributed by atoms with van der Waals surface area (Å²) < 4.78 is 1.38. The maximum atomic E-state index is 12.1. The molecule has 112 valence electrons. The largest absolute Gasteiger partial charge is 0.382 e. The Labute approximate surface area is 129 Å². The van der Waals surface area contributed by atoms with Gasteiger partial charge in [-0.25, -0.2) is 4.68 Å². The summed E-state index contributed by atoms with van der Waals surface area (Å²) in [6.07, 6.45) is 1.61. The molecule has 0 saturated heterocycles. The number of anilines is 1. The van der Waals surface area contributed by atoms with E-state index in [1.165, 1.54) is 10.2 Å². The van der Waals surface area contributed by atoms with E-state index < -0.39 is 0 Å². The predicted octanol–water partition coefficient (Wildman–Crippen LogP) is 3.69. The number of rotatable bonds is 5. The van der Waals surface area contributed by atoms with Crippen LogP contribution in [0.5, 0.6) is 0 Å². The summed E-state index contributed by atoms with van der Waals surface area (Å²) >= 11 is 6.14. The molecule has 0 aliphatic heterocycles. The highest BCUT2D eigenvalue weighted by molar-refractivity contribution is 6.32. The number of halogens is 1. The van der Waals surface area contributed by atoms with Crippen LogP contribution in [0.25, 0.3) is 0 Å². The van der Waals surface area contributed by atoms with E-state index in [4.69, 9.17) is 11.6 Å². The summed E-state index contributed by atoms with van der Waals surface area (Å²) in [6, 6.07) is 10.2. The standard InChI is InChI=1S/C16H20ClN3O/c1-11(2)20-16(21)15(17)14(10-19-20)18-9-12(3)13-7-5-4-6-8-13/h4-8,10-12,18H,9H2,1-3H3. The van der Waals surface area contributed by atoms with Crippen molar-refractivity contribution in [3.05, 3.63) is 57.5 Å². The fourth-order valence-corrected chi connectivity index (χ4v) is 2.30. The molecular formula is C16H20ClN3O. The zero-order valence-corrected chi connectivity index (χ0v) is 13.3. The van der Waals surface area contributed by atoms with Gasteiger partial charge in [0.1, 0.15) is 5.02 Å². The first-order valence-electron chi connectivity index (χ1n) is 7.06. The molecule has 1 unspecified atom stereocenters. The lowest BCUT2D eigenvalue weighted by Crippen LogP contribution is -2.26. The molecule has 2 aromatic rings. The maximum absolute atomic E-state index is 12.1. The van der Waals surface area contributed by atoms with Crippen molar-refractivity contribution in [1.29, 1.82) is 0 Å². The Hall–Kier alpha value is -1.81. The minimum absolute atomic E-state index is 0.00714. The zero-order chi connectivity index (χ0) is 15.4. The van der Waals surface area contributed by atoms with E-state index >= 15 is 0 Å². The van der Waals surface area contributed by atoms with Crippen LogP contribution in [0.15, 0.2) is 41.3 Å². The SMILES string of the molecule is CC(CNc1cnn(C(C)C)c(=O)c1Cl)c1ccccc1. The molecule has 0 amide bonds. The van der Waals surface area contributed by atoms with Crippen LogP contribution in [0.1, 0.15) is 38.3 Å². The molecule has 0 radical (unpaired) electrons. The number of hydrogen-bond donors (Lipinski definition) is 1. The summed E-state index contributed by atoms with van der Waals surface area (Å²) in [6.45, 7) is 6.61. The topological polar surface area (TPSA) is 46.9 Å². The van der Waals surface area contributed by atoms with E-state index in [1.807, 2.05) is 32.0 Å². The second-order valence-corrected chi connectivity index (χ2v) is 5.79. The predicted molar refractivity (Wildman–Crippen MR) is 87.2 cm³/mol. The third-order valence-corrected chi connectivity index (χ3v) is 3.77. The molecule has 0 aliphatic carbocycles. The molecule has 1 aromatic heterocycles. The van der Waals surface area contributed by atoms with Gasteiger partial charge in [-0.2, -0.15) is 5.10 Å². The molecule has 1 heterocycles. The van der Waals surface area contributed by atoms with Gasteiger partial charge in [-0.15, -0.1) is 0 Å². The van der Waals surface area contributed by atoms with Crippen molar-refractivity contribution >= 4 is 17.3 Å². The highest BCUT2D eigenvalue weighted by atomic mass is 35.5. The molecule has 5 heteroatoms. The van der Waals surface area contributed by atoms with Crippen molar-refractivity contribution in [2.24, 2.45) is 0 Å². The van der Waals surface area contributed by atoms with E-state index in [2.05, 4.69) is 29.5 Å². The lowest BCUT2D eigenvalue weighted by Gasteiger charge is -2.16. The molecule has 0 aliphatic rings. The summed E-state index contributed by atoms with van der Waals surface area (Å²) in [5, 5.41) is 7.55. The third kappa shape index (κ3) is 3.64. The fraction of sp³-hybridized carbons (Fsp3) is 0.375. The average Bonchev–Trinajstić information content (AvgIpc) is 2.49. The van der Waals surface area contributed by atoms with Gasteiger partial charge in [0.25, 0.3) is 5.56 Å². The minimum atomic E-state index is -0.260. The molecule has 1 N–H and O–H groups in total. The Morgan fingerprint density at radius 2 is 1.90 bits per heavy atom. The molecular weight excluding hydrogens is 286 g/mol. The highest BCUT2D eigenvalue weighted by Gasteiger charge is 2.12. The van der Waals surface area contributed by atoms with E-state index in [9.17, 15) is 4.79 Å². The van der Waals surface area contributed by atoms with Gasteiger partial charge in [-0.05, 0) is 25.3 Å². The molecule has 4 nitrogen and oxygen atoms in total. The average molecular weight is 306 g/mol. The van der Waals surface area contributed by atoms with Gasteiger partial charge in [0.05, 0.1) is 17.9 Å². The van der Waals surface area contributed by atoms with Gasteiger partial charge in [0, 0.05) is 6.54 Å². The lowest BCUT2D eigenvalue weighted by molar-refractivity contribution is 0.503. The van der Waals surface area contributed by atoms with Crippen LogP contribution in [0.2, 0.25) is 5.02 Å². The molecule has 0 bridgehead atoms. The first-order valence-corrected chi connectivity index (χ1v) is 7.44. The van der Waals surface area contributed by atoms with Crippen LogP contribution in [0.3, 0.4) is 0 Å². The molecule has 21 heavy (non-hydrogen) atoms. The Balaban J connectivity index is 2.11. The Kier molecular flexibility index (Phi) is 5.02. The van der Waals surface area contributed by atoms with E-state index in [-0.39, 0.29) is 16.6 Å². The number of aromatic nitrogens is 2. The van der Waals surface area contributed by atoms with Gasteiger partial charge in [-0.3, -0.25) is 4.79 Å². The highest BCUT2D eigenvalue weighted by Crippen LogP contribution is 2.19. The van der Waals surface area contributed by atoms with Crippen LogP contribution >= 0.6 is 11.6 Å². The van der Waals surface area contributed by atoms with Crippen molar-refractivity contribution in [2.45, 2.75) is 32.7 Å². The Bertz CT molecular complexity index is 652. The maximum Gasteiger partial charge on any atom is 0.287 e. The van der Waals surface area contributed by atoms with E-state index in [1.54, 1.807) is 6.20 Å².